The van der Waals surface area contributed by atoms with E-state index in [-0.39, 0.29) is 24.1 Å². The van der Waals surface area contributed by atoms with E-state index in [0.29, 0.717) is 11.3 Å². The third-order valence-electron chi connectivity index (χ3n) is 4.97. The summed E-state index contributed by atoms with van der Waals surface area (Å²) in [5, 5.41) is 11.9. The molecule has 1 aliphatic carbocycles. The summed E-state index contributed by atoms with van der Waals surface area (Å²) in [6.07, 6.45) is 4.84. The predicted octanol–water partition coefficient (Wildman–Crippen LogP) is 0.868. The summed E-state index contributed by atoms with van der Waals surface area (Å²) in [6.45, 7) is 1.09. The number of nitrogens with zero attached hydrogens (tertiary/aromatic N) is 1. The molecule has 0 unspecified atom stereocenters. The number of β-lactam (4-membered cyclic amide) rings is 1. The van der Waals surface area contributed by atoms with Crippen LogP contribution in [-0.4, -0.2) is 57.5 Å². The van der Waals surface area contributed by atoms with Crippen LogP contribution in [0, 0.1) is 5.92 Å². The average Bonchev–Trinajstić information content (AvgIpc) is 2.63. The summed E-state index contributed by atoms with van der Waals surface area (Å²) in [4.78, 5) is 48.7. The van der Waals surface area contributed by atoms with E-state index in [1.54, 1.807) is 0 Å². The van der Waals surface area contributed by atoms with E-state index in [1.807, 2.05) is 0 Å². The van der Waals surface area contributed by atoms with Crippen molar-refractivity contribution in [2.24, 2.45) is 5.92 Å². The number of amides is 2. The number of nitrogens with one attached hydrogen (secondary N) is 1. The largest absolute Gasteiger partial charge is 0.477 e. The Labute approximate surface area is 155 Å². The second kappa shape index (κ2) is 7.69. The Balaban J connectivity index is 1.69. The van der Waals surface area contributed by atoms with Crippen molar-refractivity contribution in [2.45, 2.75) is 50.4 Å². The fraction of sp³-hybridized carbons (Fsp3) is 0.647. The van der Waals surface area contributed by atoms with Gasteiger partial charge in [-0.05, 0) is 12.8 Å². The minimum Gasteiger partial charge on any atom is -0.477 e. The lowest BCUT2D eigenvalue weighted by Gasteiger charge is -2.49. The van der Waals surface area contributed by atoms with Gasteiger partial charge >= 0.3 is 11.9 Å². The third kappa shape index (κ3) is 3.58. The molecule has 1 saturated heterocycles. The molecule has 8 nitrogen and oxygen atoms in total. The van der Waals surface area contributed by atoms with Gasteiger partial charge in [0.1, 0.15) is 23.7 Å². The zero-order valence-corrected chi connectivity index (χ0v) is 15.3. The molecule has 2 heterocycles. The smallest absolute Gasteiger partial charge is 0.352 e. The monoisotopic (exact) mass is 382 g/mol. The third-order valence-corrected chi connectivity index (χ3v) is 6.31. The second-order valence-corrected chi connectivity index (χ2v) is 7.87. The Bertz CT molecular complexity index is 670. The number of hydrogen-bond acceptors (Lipinski definition) is 6. The van der Waals surface area contributed by atoms with Crippen LogP contribution in [0.15, 0.2) is 11.3 Å². The number of esters is 1. The number of fused-ring (bicyclic) bond motifs is 1. The molecule has 3 rings (SSSR count). The van der Waals surface area contributed by atoms with Gasteiger partial charge in [0.2, 0.25) is 5.91 Å². The Kier molecular flexibility index (Phi) is 5.55. The number of aliphatic carboxylic acids is 1. The molecule has 0 aromatic heterocycles. The number of thioether (sulfide) groups is 1. The van der Waals surface area contributed by atoms with E-state index < -0.39 is 29.3 Å². The van der Waals surface area contributed by atoms with Crippen LogP contribution in [0.1, 0.15) is 39.0 Å². The van der Waals surface area contributed by atoms with Crippen molar-refractivity contribution in [3.8, 4) is 0 Å². The minimum absolute atomic E-state index is 0.0618. The quantitative estimate of drug-likeness (QED) is 0.536. The molecule has 0 bridgehead atoms. The number of carbonyl (C=O) groups is 4. The lowest BCUT2D eigenvalue weighted by atomic mass is 9.88. The molecule has 0 aromatic carbocycles. The Morgan fingerprint density at radius 2 is 1.96 bits per heavy atom. The molecule has 2 aliphatic heterocycles. The highest BCUT2D eigenvalue weighted by molar-refractivity contribution is 8.00. The van der Waals surface area contributed by atoms with Crippen molar-refractivity contribution in [1.29, 1.82) is 0 Å². The van der Waals surface area contributed by atoms with Gasteiger partial charge in [-0.1, -0.05) is 19.3 Å². The first kappa shape index (κ1) is 18.8. The Morgan fingerprint density at radius 1 is 1.27 bits per heavy atom. The standard InChI is InChI=1S/C17H22N2O6S/c1-9(20)25-7-11-8-26-16-12(15(22)19(16)13(11)17(23)24)18-14(21)10-5-3-2-4-6-10/h10,12,16H,2-8H2,1H3,(H,18,21)(H,23,24)/t12-,16-/m0/s1. The fourth-order valence-corrected chi connectivity index (χ4v) is 4.95. The predicted molar refractivity (Wildman–Crippen MR) is 92.9 cm³/mol. The fourth-order valence-electron chi connectivity index (χ4n) is 3.62. The number of carboxylic acid groups (broad SMARTS) is 1. The van der Waals surface area contributed by atoms with Gasteiger partial charge in [0.05, 0.1) is 0 Å². The van der Waals surface area contributed by atoms with Gasteiger partial charge in [0.15, 0.2) is 0 Å². The maximum absolute atomic E-state index is 12.5. The van der Waals surface area contributed by atoms with Crippen LogP contribution in [0.5, 0.6) is 0 Å². The average molecular weight is 382 g/mol. The van der Waals surface area contributed by atoms with E-state index in [2.05, 4.69) is 5.32 Å². The highest BCUT2D eigenvalue weighted by Crippen LogP contribution is 2.40. The molecule has 2 amide bonds. The molecule has 2 atom stereocenters. The molecule has 3 aliphatic rings. The molecule has 9 heteroatoms. The number of ether oxygens (including phenoxy) is 1. The van der Waals surface area contributed by atoms with Crippen molar-refractivity contribution >= 4 is 35.5 Å². The molecule has 1 saturated carbocycles. The molecule has 0 radical (unpaired) electrons. The molecule has 2 fully saturated rings. The van der Waals surface area contributed by atoms with Crippen LogP contribution in [-0.2, 0) is 23.9 Å². The summed E-state index contributed by atoms with van der Waals surface area (Å²) >= 11 is 1.37. The lowest BCUT2D eigenvalue weighted by Crippen LogP contribution is -2.71. The SMILES string of the molecule is CC(=O)OCC1=C(C(=O)O)N2C(=O)[C@H](NC(=O)C3CCCCC3)[C@@H]2SC1. The molecule has 142 valence electrons. The van der Waals surface area contributed by atoms with Gasteiger partial charge in [-0.3, -0.25) is 19.3 Å². The van der Waals surface area contributed by atoms with Crippen molar-refractivity contribution in [3.63, 3.8) is 0 Å². The molecule has 0 aromatic rings. The maximum Gasteiger partial charge on any atom is 0.352 e. The van der Waals surface area contributed by atoms with Gasteiger partial charge in [0, 0.05) is 24.2 Å². The lowest BCUT2D eigenvalue weighted by molar-refractivity contribution is -0.151. The summed E-state index contributed by atoms with van der Waals surface area (Å²) in [5.74, 6) is -2.02. The summed E-state index contributed by atoms with van der Waals surface area (Å²) in [5.41, 5.74) is 0.252. The number of rotatable bonds is 5. The highest BCUT2D eigenvalue weighted by Gasteiger charge is 2.54. The Hall–Kier alpha value is -2.03. The molecular weight excluding hydrogens is 360 g/mol. The van der Waals surface area contributed by atoms with E-state index >= 15 is 0 Å². The Morgan fingerprint density at radius 3 is 2.58 bits per heavy atom. The van der Waals surface area contributed by atoms with Crippen molar-refractivity contribution in [3.05, 3.63) is 11.3 Å². The van der Waals surface area contributed by atoms with Crippen LogP contribution in [0.4, 0.5) is 0 Å². The molecule has 26 heavy (non-hydrogen) atoms. The highest BCUT2D eigenvalue weighted by atomic mass is 32.2. The number of carboxylic acids is 1. The summed E-state index contributed by atoms with van der Waals surface area (Å²) < 4.78 is 4.89. The van der Waals surface area contributed by atoms with E-state index in [1.165, 1.54) is 23.6 Å². The van der Waals surface area contributed by atoms with Crippen molar-refractivity contribution < 1.29 is 29.0 Å². The summed E-state index contributed by atoms with van der Waals surface area (Å²) in [7, 11) is 0. The first-order valence-corrected chi connectivity index (χ1v) is 9.78. The van der Waals surface area contributed by atoms with Crippen molar-refractivity contribution in [1.82, 2.24) is 10.2 Å². The van der Waals surface area contributed by atoms with Gasteiger partial charge < -0.3 is 15.2 Å². The zero-order valence-electron chi connectivity index (χ0n) is 14.5. The number of hydrogen-bond donors (Lipinski definition) is 2. The van der Waals surface area contributed by atoms with Gasteiger partial charge in [0.25, 0.3) is 5.91 Å². The van der Waals surface area contributed by atoms with Crippen LogP contribution >= 0.6 is 11.8 Å². The number of carbonyl (C=O) groups excluding carboxylic acids is 3. The molecular formula is C17H22N2O6S. The topological polar surface area (TPSA) is 113 Å². The zero-order chi connectivity index (χ0) is 18.8. The van der Waals surface area contributed by atoms with Crippen LogP contribution in [0.2, 0.25) is 0 Å². The van der Waals surface area contributed by atoms with Gasteiger partial charge in [-0.25, -0.2) is 4.79 Å². The summed E-state index contributed by atoms with van der Waals surface area (Å²) in [6, 6.07) is -0.695. The minimum atomic E-state index is -1.23. The van der Waals surface area contributed by atoms with Crippen LogP contribution in [0.25, 0.3) is 0 Å². The van der Waals surface area contributed by atoms with Crippen LogP contribution < -0.4 is 5.32 Å². The van der Waals surface area contributed by atoms with E-state index in [9.17, 15) is 24.3 Å². The first-order chi connectivity index (χ1) is 12.4. The van der Waals surface area contributed by atoms with Crippen LogP contribution in [0.3, 0.4) is 0 Å². The van der Waals surface area contributed by atoms with Gasteiger partial charge in [-0.15, -0.1) is 11.8 Å². The molecule has 2 N–H and O–H groups in total. The normalized spacial score (nSPS) is 26.0. The molecule has 0 spiro atoms. The van der Waals surface area contributed by atoms with E-state index in [4.69, 9.17) is 4.74 Å². The van der Waals surface area contributed by atoms with Gasteiger partial charge in [-0.2, -0.15) is 0 Å². The van der Waals surface area contributed by atoms with Crippen molar-refractivity contribution in [2.75, 3.05) is 12.4 Å². The van der Waals surface area contributed by atoms with E-state index in [0.717, 1.165) is 32.1 Å². The first-order valence-electron chi connectivity index (χ1n) is 8.74. The second-order valence-electron chi connectivity index (χ2n) is 6.77. The maximum atomic E-state index is 12.5.